The van der Waals surface area contributed by atoms with Gasteiger partial charge in [0.1, 0.15) is 5.82 Å². The monoisotopic (exact) mass is 447 g/mol. The van der Waals surface area contributed by atoms with E-state index >= 15 is 0 Å². The number of nitrogens with two attached hydrogens (primary N) is 1. The molecule has 0 aromatic heterocycles. The van der Waals surface area contributed by atoms with Crippen LogP contribution < -0.4 is 10.6 Å². The summed E-state index contributed by atoms with van der Waals surface area (Å²) in [5.41, 5.74) is 8.06. The van der Waals surface area contributed by atoms with Gasteiger partial charge in [-0.15, -0.1) is 0 Å². The lowest BCUT2D eigenvalue weighted by Crippen LogP contribution is -2.51. The molecule has 0 unspecified atom stereocenters. The summed E-state index contributed by atoms with van der Waals surface area (Å²) in [6.07, 6.45) is 0. The number of piperazine rings is 1. The van der Waals surface area contributed by atoms with Gasteiger partial charge in [0.25, 0.3) is 0 Å². The second-order valence-corrected chi connectivity index (χ2v) is 9.88. The normalized spacial score (nSPS) is 15.7. The SMILES string of the molecule is CC(C)N(C)S(=O)(=O)c1ccc(CN=C(N)N2CCN(c3ccc(F)cc3)CC2)cc1. The molecule has 1 aliphatic heterocycles. The van der Waals surface area contributed by atoms with Crippen LogP contribution >= 0.6 is 0 Å². The third kappa shape index (κ3) is 5.54. The molecule has 1 fully saturated rings. The van der Waals surface area contributed by atoms with Gasteiger partial charge in [-0.25, -0.2) is 17.8 Å². The minimum absolute atomic E-state index is 0.113. The van der Waals surface area contributed by atoms with Gasteiger partial charge in [-0.1, -0.05) is 12.1 Å². The topological polar surface area (TPSA) is 82.2 Å². The number of sulfonamides is 1. The fraction of sp³-hybridized carbons (Fsp3) is 0.409. The highest BCUT2D eigenvalue weighted by Crippen LogP contribution is 2.18. The van der Waals surface area contributed by atoms with Crippen LogP contribution in [0.2, 0.25) is 0 Å². The second-order valence-electron chi connectivity index (χ2n) is 7.88. The van der Waals surface area contributed by atoms with Crippen LogP contribution in [0.15, 0.2) is 58.4 Å². The first-order chi connectivity index (χ1) is 14.7. The number of hydrogen-bond donors (Lipinski definition) is 1. The van der Waals surface area contributed by atoms with Crippen LogP contribution in [0.5, 0.6) is 0 Å². The number of guanidine groups is 1. The van der Waals surface area contributed by atoms with Crippen LogP contribution in [0.1, 0.15) is 19.4 Å². The van der Waals surface area contributed by atoms with Gasteiger partial charge >= 0.3 is 0 Å². The third-order valence-corrected chi connectivity index (χ3v) is 7.59. The maximum Gasteiger partial charge on any atom is 0.243 e. The molecular weight excluding hydrogens is 417 g/mol. The average molecular weight is 448 g/mol. The highest BCUT2D eigenvalue weighted by atomic mass is 32.2. The van der Waals surface area contributed by atoms with E-state index in [4.69, 9.17) is 5.73 Å². The lowest BCUT2D eigenvalue weighted by atomic mass is 10.2. The van der Waals surface area contributed by atoms with E-state index in [1.807, 2.05) is 18.7 Å². The van der Waals surface area contributed by atoms with Gasteiger partial charge in [-0.05, 0) is 55.8 Å². The first-order valence-electron chi connectivity index (χ1n) is 10.3. The molecule has 1 heterocycles. The summed E-state index contributed by atoms with van der Waals surface area (Å²) in [6, 6.07) is 13.1. The summed E-state index contributed by atoms with van der Waals surface area (Å²) in [5.74, 6) is 0.228. The molecule has 1 aliphatic rings. The van der Waals surface area contributed by atoms with Crippen molar-refractivity contribution in [1.29, 1.82) is 0 Å². The lowest BCUT2D eigenvalue weighted by molar-refractivity contribution is 0.380. The van der Waals surface area contributed by atoms with E-state index in [0.717, 1.165) is 37.4 Å². The molecule has 0 atom stereocenters. The van der Waals surface area contributed by atoms with Gasteiger partial charge in [-0.3, -0.25) is 0 Å². The van der Waals surface area contributed by atoms with E-state index in [-0.39, 0.29) is 16.8 Å². The Bertz CT molecular complexity index is 999. The van der Waals surface area contributed by atoms with E-state index in [0.29, 0.717) is 12.5 Å². The zero-order valence-electron chi connectivity index (χ0n) is 18.2. The Balaban J connectivity index is 1.57. The Morgan fingerprint density at radius 3 is 2.19 bits per heavy atom. The molecule has 9 heteroatoms. The molecule has 0 bridgehead atoms. The highest BCUT2D eigenvalue weighted by Gasteiger charge is 2.23. The van der Waals surface area contributed by atoms with Gasteiger partial charge in [0.05, 0.1) is 11.4 Å². The van der Waals surface area contributed by atoms with Crippen molar-refractivity contribution in [3.8, 4) is 0 Å². The molecule has 168 valence electrons. The molecule has 2 aromatic rings. The number of benzene rings is 2. The number of halogens is 1. The summed E-state index contributed by atoms with van der Waals surface area (Å²) in [6.45, 7) is 7.06. The van der Waals surface area contributed by atoms with Gasteiger partial charge in [0.15, 0.2) is 5.96 Å². The van der Waals surface area contributed by atoms with Crippen LogP contribution in [-0.2, 0) is 16.6 Å². The zero-order chi connectivity index (χ0) is 22.6. The predicted octanol–water partition coefficient (Wildman–Crippen LogP) is 2.49. The quantitative estimate of drug-likeness (QED) is 0.544. The summed E-state index contributed by atoms with van der Waals surface area (Å²) < 4.78 is 39.6. The molecule has 0 aliphatic carbocycles. The van der Waals surface area contributed by atoms with Crippen molar-refractivity contribution in [1.82, 2.24) is 9.21 Å². The maximum atomic E-state index is 13.1. The molecule has 0 saturated carbocycles. The first-order valence-corrected chi connectivity index (χ1v) is 11.7. The lowest BCUT2D eigenvalue weighted by Gasteiger charge is -2.36. The van der Waals surface area contributed by atoms with E-state index in [1.165, 1.54) is 16.4 Å². The maximum absolute atomic E-state index is 13.1. The van der Waals surface area contributed by atoms with Gasteiger partial charge in [0.2, 0.25) is 10.0 Å². The fourth-order valence-electron chi connectivity index (χ4n) is 3.33. The molecule has 0 spiro atoms. The van der Waals surface area contributed by atoms with E-state index < -0.39 is 10.0 Å². The Morgan fingerprint density at radius 1 is 1.06 bits per heavy atom. The van der Waals surface area contributed by atoms with E-state index in [2.05, 4.69) is 9.89 Å². The van der Waals surface area contributed by atoms with Crippen molar-refractivity contribution >= 4 is 21.7 Å². The predicted molar refractivity (Wildman–Crippen MR) is 122 cm³/mol. The summed E-state index contributed by atoms with van der Waals surface area (Å²) in [4.78, 5) is 8.96. The Labute approximate surface area is 184 Å². The van der Waals surface area contributed by atoms with Crippen molar-refractivity contribution in [3.63, 3.8) is 0 Å². The van der Waals surface area contributed by atoms with Crippen molar-refractivity contribution in [2.24, 2.45) is 10.7 Å². The number of anilines is 1. The smallest absolute Gasteiger partial charge is 0.243 e. The Hall–Kier alpha value is -2.65. The minimum Gasteiger partial charge on any atom is -0.370 e. The molecule has 2 aromatic carbocycles. The Morgan fingerprint density at radius 2 is 1.65 bits per heavy atom. The largest absolute Gasteiger partial charge is 0.370 e. The number of nitrogens with zero attached hydrogens (tertiary/aromatic N) is 4. The standard InChI is InChI=1S/C22H30FN5O2S/c1-17(2)26(3)31(29,30)21-10-4-18(5-11-21)16-25-22(24)28-14-12-27(13-15-28)20-8-6-19(23)7-9-20/h4-11,17H,12-16H2,1-3H3,(H2,24,25). The summed E-state index contributed by atoms with van der Waals surface area (Å²) >= 11 is 0. The molecule has 0 amide bonds. The fourth-order valence-corrected chi connectivity index (χ4v) is 4.70. The van der Waals surface area contributed by atoms with Crippen molar-refractivity contribution in [2.75, 3.05) is 38.1 Å². The van der Waals surface area contributed by atoms with Crippen molar-refractivity contribution in [3.05, 3.63) is 59.9 Å². The molecule has 31 heavy (non-hydrogen) atoms. The molecule has 2 N–H and O–H groups in total. The zero-order valence-corrected chi connectivity index (χ0v) is 19.0. The van der Waals surface area contributed by atoms with Crippen LogP contribution in [-0.4, -0.2) is 62.9 Å². The molecule has 1 saturated heterocycles. The number of hydrogen-bond acceptors (Lipinski definition) is 4. The van der Waals surface area contributed by atoms with Crippen molar-refractivity contribution in [2.45, 2.75) is 31.3 Å². The molecule has 3 rings (SSSR count). The van der Waals surface area contributed by atoms with Gasteiger partial charge in [0, 0.05) is 45.0 Å². The van der Waals surface area contributed by atoms with Crippen LogP contribution in [0, 0.1) is 5.82 Å². The highest BCUT2D eigenvalue weighted by molar-refractivity contribution is 7.89. The van der Waals surface area contributed by atoms with Crippen LogP contribution in [0.25, 0.3) is 0 Å². The van der Waals surface area contributed by atoms with Gasteiger partial charge in [-0.2, -0.15) is 4.31 Å². The number of rotatable bonds is 6. The first kappa shape index (κ1) is 23.0. The molecule has 7 nitrogen and oxygen atoms in total. The van der Waals surface area contributed by atoms with Crippen LogP contribution in [0.4, 0.5) is 10.1 Å². The molecule has 0 radical (unpaired) electrons. The average Bonchev–Trinajstić information content (AvgIpc) is 2.77. The third-order valence-electron chi connectivity index (χ3n) is 5.55. The van der Waals surface area contributed by atoms with Crippen LogP contribution in [0.3, 0.4) is 0 Å². The Kier molecular flexibility index (Phi) is 7.17. The van der Waals surface area contributed by atoms with Crippen molar-refractivity contribution < 1.29 is 12.8 Å². The summed E-state index contributed by atoms with van der Waals surface area (Å²) in [7, 11) is -1.92. The molecular formula is C22H30FN5O2S. The van der Waals surface area contributed by atoms with E-state index in [1.54, 1.807) is 43.4 Å². The van der Waals surface area contributed by atoms with E-state index in [9.17, 15) is 12.8 Å². The summed E-state index contributed by atoms with van der Waals surface area (Å²) in [5, 5.41) is 0. The van der Waals surface area contributed by atoms with Gasteiger partial charge < -0.3 is 15.5 Å². The minimum atomic E-state index is -3.49. The second kappa shape index (κ2) is 9.65. The number of aliphatic imine (C=N–C) groups is 1.